The Morgan fingerprint density at radius 1 is 0.862 bits per heavy atom. The molecule has 0 unspecified atom stereocenters. The molecule has 0 aliphatic heterocycles. The third-order valence-electron chi connectivity index (χ3n) is 4.87. The Morgan fingerprint density at radius 3 is 2.17 bits per heavy atom. The summed E-state index contributed by atoms with van der Waals surface area (Å²) in [5.41, 5.74) is 0. The lowest BCUT2D eigenvalue weighted by Crippen LogP contribution is -2.21. The Morgan fingerprint density at radius 2 is 1.48 bits per heavy atom. The number of ether oxygens (including phenoxy) is 2. The summed E-state index contributed by atoms with van der Waals surface area (Å²) >= 11 is 7.74. The van der Waals surface area contributed by atoms with Gasteiger partial charge >= 0.3 is 0 Å². The van der Waals surface area contributed by atoms with Crippen molar-refractivity contribution >= 4 is 23.4 Å². The fourth-order valence-electron chi connectivity index (χ4n) is 3.06. The van der Waals surface area contributed by atoms with Crippen LogP contribution in [0.5, 0.6) is 5.75 Å². The molecule has 0 spiro atoms. The second-order valence-electron chi connectivity index (χ2n) is 7.59. The number of hydrogen-bond donors (Lipinski definition) is 1. The lowest BCUT2D eigenvalue weighted by molar-refractivity contribution is 0.0260. The second kappa shape index (κ2) is 19.5. The molecule has 0 saturated heterocycles. The van der Waals surface area contributed by atoms with Gasteiger partial charge in [-0.2, -0.15) is 11.8 Å². The first-order valence-corrected chi connectivity index (χ1v) is 13.0. The highest BCUT2D eigenvalue weighted by Gasteiger charge is 2.07. The maximum Gasteiger partial charge on any atom is 0.119 e. The number of aliphatic hydroxyl groups is 1. The van der Waals surface area contributed by atoms with Crippen LogP contribution in [0.1, 0.15) is 77.6 Å². The van der Waals surface area contributed by atoms with Crippen LogP contribution in [0.3, 0.4) is 0 Å². The van der Waals surface area contributed by atoms with Gasteiger partial charge in [-0.05, 0) is 55.7 Å². The Labute approximate surface area is 187 Å². The molecule has 0 amide bonds. The van der Waals surface area contributed by atoms with Crippen LogP contribution in [0.15, 0.2) is 24.3 Å². The Bertz CT molecular complexity index is 470. The summed E-state index contributed by atoms with van der Waals surface area (Å²) in [6.45, 7) is 3.90. The van der Waals surface area contributed by atoms with Crippen LogP contribution in [0.4, 0.5) is 0 Å². The van der Waals surface area contributed by atoms with Crippen LogP contribution < -0.4 is 4.74 Å². The number of unbranched alkanes of at least 4 members (excludes halogenated alkanes) is 9. The maximum atomic E-state index is 9.48. The van der Waals surface area contributed by atoms with Crippen LogP contribution in [-0.2, 0) is 4.74 Å². The van der Waals surface area contributed by atoms with Gasteiger partial charge in [0.15, 0.2) is 0 Å². The number of rotatable bonds is 20. The van der Waals surface area contributed by atoms with E-state index in [-0.39, 0.29) is 12.7 Å². The van der Waals surface area contributed by atoms with E-state index in [1.807, 2.05) is 36.0 Å². The van der Waals surface area contributed by atoms with Crippen molar-refractivity contribution < 1.29 is 14.6 Å². The van der Waals surface area contributed by atoms with Crippen LogP contribution in [0.25, 0.3) is 0 Å². The highest BCUT2D eigenvalue weighted by atomic mass is 35.5. The van der Waals surface area contributed by atoms with Crippen molar-refractivity contribution in [2.75, 3.05) is 31.3 Å². The predicted molar refractivity (Wildman–Crippen MR) is 128 cm³/mol. The van der Waals surface area contributed by atoms with Crippen molar-refractivity contribution in [2.24, 2.45) is 0 Å². The van der Waals surface area contributed by atoms with Crippen LogP contribution in [-0.4, -0.2) is 42.5 Å². The van der Waals surface area contributed by atoms with Crippen molar-refractivity contribution in [2.45, 2.75) is 83.7 Å². The highest BCUT2D eigenvalue weighted by Crippen LogP contribution is 2.16. The van der Waals surface area contributed by atoms with E-state index < -0.39 is 0 Å². The van der Waals surface area contributed by atoms with Gasteiger partial charge in [0.2, 0.25) is 0 Å². The molecule has 1 aromatic rings. The lowest BCUT2D eigenvalue weighted by Gasteiger charge is -2.15. The molecule has 0 radical (unpaired) electrons. The zero-order valence-electron chi connectivity index (χ0n) is 18.3. The van der Waals surface area contributed by atoms with E-state index in [4.69, 9.17) is 21.1 Å². The van der Waals surface area contributed by atoms with Gasteiger partial charge in [-0.15, -0.1) is 0 Å². The van der Waals surface area contributed by atoms with Gasteiger partial charge in [0.1, 0.15) is 5.75 Å². The third kappa shape index (κ3) is 16.0. The minimum Gasteiger partial charge on any atom is -0.494 e. The van der Waals surface area contributed by atoms with E-state index >= 15 is 0 Å². The molecule has 0 saturated carbocycles. The molecule has 1 rings (SSSR count). The van der Waals surface area contributed by atoms with Crippen LogP contribution in [0.2, 0.25) is 5.02 Å². The minimum absolute atomic E-state index is 0.0159. The molecule has 0 bridgehead atoms. The second-order valence-corrected chi connectivity index (χ2v) is 9.17. The molecule has 3 nitrogen and oxygen atoms in total. The van der Waals surface area contributed by atoms with E-state index in [2.05, 4.69) is 6.92 Å². The Balaban J connectivity index is 1.87. The summed E-state index contributed by atoms with van der Waals surface area (Å²) in [6, 6.07) is 7.51. The number of hydrogen-bond acceptors (Lipinski definition) is 4. The maximum absolute atomic E-state index is 9.48. The molecular formula is C24H41ClO3S. The van der Waals surface area contributed by atoms with Crippen molar-refractivity contribution in [1.82, 2.24) is 0 Å². The van der Waals surface area contributed by atoms with Crippen molar-refractivity contribution in [3.05, 3.63) is 29.3 Å². The monoisotopic (exact) mass is 444 g/mol. The number of aliphatic hydroxyl groups excluding tert-OH is 1. The Kier molecular flexibility index (Phi) is 17.9. The van der Waals surface area contributed by atoms with Crippen LogP contribution in [0, 0.1) is 0 Å². The Hall–Kier alpha value is -0.420. The zero-order chi connectivity index (χ0) is 21.0. The number of halogens is 1. The summed E-state index contributed by atoms with van der Waals surface area (Å²) < 4.78 is 11.5. The molecule has 1 N–H and O–H groups in total. The van der Waals surface area contributed by atoms with Gasteiger partial charge in [0.05, 0.1) is 19.3 Å². The molecule has 1 aromatic carbocycles. The number of thioether (sulfide) groups is 1. The molecule has 0 aliphatic carbocycles. The van der Waals surface area contributed by atoms with E-state index in [1.54, 1.807) is 0 Å². The third-order valence-corrected chi connectivity index (χ3v) is 6.31. The SMILES string of the molecule is CCCCCCCCCCO[C@@H](CO)CSCCCCCOc1ccc(Cl)cc1. The first kappa shape index (κ1) is 26.6. The summed E-state index contributed by atoms with van der Waals surface area (Å²) in [4.78, 5) is 0. The summed E-state index contributed by atoms with van der Waals surface area (Å²) in [7, 11) is 0. The average molecular weight is 445 g/mol. The van der Waals surface area contributed by atoms with Gasteiger partial charge in [-0.25, -0.2) is 0 Å². The normalized spacial score (nSPS) is 12.2. The standard InChI is InChI=1S/C24H41ClO3S/c1-2-3-4-5-6-7-8-10-18-28-24(20-26)21-29-19-12-9-11-17-27-23-15-13-22(25)14-16-23/h13-16,24,26H,2-12,17-21H2,1H3/t24-/m0/s1. The summed E-state index contributed by atoms with van der Waals surface area (Å²) in [5, 5.41) is 10.2. The predicted octanol–water partition coefficient (Wildman–Crippen LogP) is 7.14. The van der Waals surface area contributed by atoms with Crippen molar-refractivity contribution in [3.63, 3.8) is 0 Å². The molecular weight excluding hydrogens is 404 g/mol. The fraction of sp³-hybridized carbons (Fsp3) is 0.750. The molecule has 168 valence electrons. The largest absolute Gasteiger partial charge is 0.494 e. The van der Waals surface area contributed by atoms with Gasteiger partial charge < -0.3 is 14.6 Å². The quantitative estimate of drug-likeness (QED) is 0.217. The summed E-state index contributed by atoms with van der Waals surface area (Å²) in [6.07, 6.45) is 13.8. The zero-order valence-corrected chi connectivity index (χ0v) is 19.8. The topological polar surface area (TPSA) is 38.7 Å². The van der Waals surface area contributed by atoms with Crippen molar-refractivity contribution in [3.8, 4) is 5.75 Å². The van der Waals surface area contributed by atoms with Gasteiger partial charge in [0, 0.05) is 17.4 Å². The summed E-state index contributed by atoms with van der Waals surface area (Å²) in [5.74, 6) is 2.87. The van der Waals surface area contributed by atoms with E-state index in [1.165, 1.54) is 51.4 Å². The lowest BCUT2D eigenvalue weighted by atomic mass is 10.1. The van der Waals surface area contributed by atoms with Crippen molar-refractivity contribution in [1.29, 1.82) is 0 Å². The molecule has 0 fully saturated rings. The van der Waals surface area contributed by atoms with Gasteiger partial charge in [0.25, 0.3) is 0 Å². The van der Waals surface area contributed by atoms with Crippen LogP contribution >= 0.6 is 23.4 Å². The fourth-order valence-corrected chi connectivity index (χ4v) is 4.22. The molecule has 0 aliphatic rings. The minimum atomic E-state index is -0.0159. The molecule has 0 aromatic heterocycles. The van der Waals surface area contributed by atoms with Gasteiger partial charge in [-0.3, -0.25) is 0 Å². The molecule has 0 heterocycles. The highest BCUT2D eigenvalue weighted by molar-refractivity contribution is 7.99. The first-order valence-electron chi connectivity index (χ1n) is 11.4. The average Bonchev–Trinajstić information content (AvgIpc) is 2.74. The smallest absolute Gasteiger partial charge is 0.119 e. The van der Waals surface area contributed by atoms with E-state index in [0.29, 0.717) is 0 Å². The molecule has 5 heteroatoms. The number of benzene rings is 1. The van der Waals surface area contributed by atoms with Gasteiger partial charge in [-0.1, -0.05) is 63.5 Å². The molecule has 29 heavy (non-hydrogen) atoms. The first-order chi connectivity index (χ1) is 14.3. The van der Waals surface area contributed by atoms with E-state index in [0.717, 1.165) is 54.8 Å². The van der Waals surface area contributed by atoms with E-state index in [9.17, 15) is 5.11 Å². The molecule has 1 atom stereocenters.